The van der Waals surface area contributed by atoms with Gasteiger partial charge in [-0.1, -0.05) is 35.3 Å². The van der Waals surface area contributed by atoms with Crippen LogP contribution in [0.15, 0.2) is 48.8 Å². The summed E-state index contributed by atoms with van der Waals surface area (Å²) in [6.45, 7) is -2.53. The molecule has 0 amide bonds. The molecule has 1 saturated carbocycles. The van der Waals surface area contributed by atoms with Crippen LogP contribution in [0.4, 0.5) is 8.78 Å². The van der Waals surface area contributed by atoms with Crippen LogP contribution in [-0.2, 0) is 22.5 Å². The number of ether oxygens (including phenoxy) is 5. The Morgan fingerprint density at radius 2 is 1.70 bits per heavy atom. The van der Waals surface area contributed by atoms with E-state index in [0.717, 1.165) is 30.8 Å². The quantitative estimate of drug-likeness (QED) is 0.119. The van der Waals surface area contributed by atoms with Crippen LogP contribution in [0.25, 0.3) is 0 Å². The molecule has 1 aromatic heterocycles. The van der Waals surface area contributed by atoms with Gasteiger partial charge >= 0.3 is 12.6 Å². The molecular weight excluding hydrogens is 633 g/mol. The number of aromatic nitrogens is 1. The van der Waals surface area contributed by atoms with E-state index in [1.54, 1.807) is 12.1 Å². The average Bonchev–Trinajstić information content (AvgIpc) is 3.78. The number of alkyl halides is 2. The Balaban J connectivity index is 0.00000506. The fraction of sp³-hybridized carbons (Fsp3) is 0.379. The largest absolute Gasteiger partial charge is 0.619 e. The lowest BCUT2D eigenvalue weighted by Gasteiger charge is -2.21. The van der Waals surface area contributed by atoms with E-state index in [1.807, 2.05) is 6.07 Å². The normalized spacial score (nSPS) is 13.2. The second-order valence-corrected chi connectivity index (χ2v) is 10.4. The summed E-state index contributed by atoms with van der Waals surface area (Å²) in [4.78, 5) is 13.0. The lowest BCUT2D eigenvalue weighted by Crippen LogP contribution is -2.27. The lowest BCUT2D eigenvalue weighted by molar-refractivity contribution is -0.605. The highest BCUT2D eigenvalue weighted by molar-refractivity contribution is 6.35. The van der Waals surface area contributed by atoms with Crippen molar-refractivity contribution in [3.05, 3.63) is 80.7 Å². The molecule has 1 fully saturated rings. The standard InChI is InChI=1S/C29H30Cl2F2N2O7.ClH/c1-38-23-7-5-18(9-26(23)39-2)12-34-13-28(36)41-25(11-20-21(30)14-35(37)15-22(20)31)19-6-8-24(42-29(32)33)27(10-19)40-16-17-3-4-17;/h5-10,14-15,17,25,29,34H,3-4,11-13,16H2,1-2H3;1H/t25-;/m0./s1. The van der Waals surface area contributed by atoms with Gasteiger partial charge in [0, 0.05) is 18.5 Å². The molecule has 1 atom stereocenters. The van der Waals surface area contributed by atoms with Crippen molar-refractivity contribution < 1.29 is 42.0 Å². The monoisotopic (exact) mass is 662 g/mol. The van der Waals surface area contributed by atoms with E-state index in [4.69, 9.17) is 42.1 Å². The van der Waals surface area contributed by atoms with Crippen LogP contribution in [0.3, 0.4) is 0 Å². The number of hydrogen-bond donors (Lipinski definition) is 1. The molecule has 3 aromatic rings. The summed E-state index contributed by atoms with van der Waals surface area (Å²) in [7, 11) is 3.07. The fourth-order valence-electron chi connectivity index (χ4n) is 4.16. The Bertz CT molecular complexity index is 1370. The van der Waals surface area contributed by atoms with E-state index in [1.165, 1.54) is 32.4 Å². The first-order chi connectivity index (χ1) is 20.2. The van der Waals surface area contributed by atoms with Crippen LogP contribution in [0, 0.1) is 11.1 Å². The summed E-state index contributed by atoms with van der Waals surface area (Å²) < 4.78 is 53.4. The maximum absolute atomic E-state index is 13.0. The number of rotatable bonds is 15. The molecule has 4 rings (SSSR count). The third-order valence-electron chi connectivity index (χ3n) is 6.49. The van der Waals surface area contributed by atoms with Crippen molar-refractivity contribution in [2.75, 3.05) is 27.4 Å². The zero-order chi connectivity index (χ0) is 30.2. The van der Waals surface area contributed by atoms with Crippen LogP contribution in [0.1, 0.15) is 35.6 Å². The predicted molar refractivity (Wildman–Crippen MR) is 158 cm³/mol. The molecule has 14 heteroatoms. The molecular formula is C29H31Cl3F2N2O7. The molecule has 9 nitrogen and oxygen atoms in total. The number of methoxy groups -OCH3 is 2. The molecule has 43 heavy (non-hydrogen) atoms. The van der Waals surface area contributed by atoms with Crippen molar-refractivity contribution in [2.45, 2.75) is 38.5 Å². The van der Waals surface area contributed by atoms with Crippen molar-refractivity contribution in [1.82, 2.24) is 5.32 Å². The Labute approximate surface area is 263 Å². The SMILES string of the molecule is COc1ccc(CNCC(=O)O[C@@H](Cc2c(Cl)c[n+]([O-])cc2Cl)c2ccc(OC(F)F)c(OCC3CC3)c2)cc1OC.Cl. The summed E-state index contributed by atoms with van der Waals surface area (Å²) in [6, 6.07) is 9.69. The minimum atomic E-state index is -3.05. The molecule has 0 unspecified atom stereocenters. The summed E-state index contributed by atoms with van der Waals surface area (Å²) in [6.07, 6.45) is 3.29. The van der Waals surface area contributed by atoms with E-state index in [0.29, 0.717) is 46.4 Å². The number of benzene rings is 2. The highest BCUT2D eigenvalue weighted by atomic mass is 35.5. The summed E-state index contributed by atoms with van der Waals surface area (Å²) in [5.41, 5.74) is 1.65. The van der Waals surface area contributed by atoms with Gasteiger partial charge in [-0.2, -0.15) is 13.5 Å². The van der Waals surface area contributed by atoms with E-state index in [-0.39, 0.29) is 46.9 Å². The van der Waals surface area contributed by atoms with Crippen LogP contribution < -0.4 is 29.0 Å². The first-order valence-corrected chi connectivity index (χ1v) is 13.8. The molecule has 1 aliphatic carbocycles. The molecule has 1 heterocycles. The Hall–Kier alpha value is -3.25. The Morgan fingerprint density at radius 3 is 2.33 bits per heavy atom. The van der Waals surface area contributed by atoms with Gasteiger partial charge < -0.3 is 34.2 Å². The molecule has 0 saturated heterocycles. The van der Waals surface area contributed by atoms with Crippen molar-refractivity contribution in [1.29, 1.82) is 0 Å². The summed E-state index contributed by atoms with van der Waals surface area (Å²) >= 11 is 12.6. The van der Waals surface area contributed by atoms with Gasteiger partial charge in [0.25, 0.3) is 0 Å². The van der Waals surface area contributed by atoms with Gasteiger partial charge in [0.2, 0.25) is 0 Å². The van der Waals surface area contributed by atoms with Gasteiger partial charge in [-0.25, -0.2) is 0 Å². The van der Waals surface area contributed by atoms with Gasteiger partial charge in [0.1, 0.15) is 16.1 Å². The zero-order valence-corrected chi connectivity index (χ0v) is 25.6. The smallest absolute Gasteiger partial charge is 0.387 e. The number of halogens is 5. The maximum Gasteiger partial charge on any atom is 0.387 e. The molecule has 1 N–H and O–H groups in total. The van der Waals surface area contributed by atoms with Crippen molar-refractivity contribution >= 4 is 41.6 Å². The minimum absolute atomic E-state index is 0. The highest BCUT2D eigenvalue weighted by Crippen LogP contribution is 2.38. The first kappa shape index (κ1) is 34.2. The number of nitrogens with zero attached hydrogens (tertiary/aromatic N) is 1. The first-order valence-electron chi connectivity index (χ1n) is 13.1. The van der Waals surface area contributed by atoms with Gasteiger partial charge in [-0.3, -0.25) is 4.79 Å². The number of carbonyl (C=O) groups excluding carboxylic acids is 1. The second-order valence-electron chi connectivity index (χ2n) is 9.61. The van der Waals surface area contributed by atoms with E-state index >= 15 is 0 Å². The maximum atomic E-state index is 13.0. The topological polar surface area (TPSA) is 102 Å². The van der Waals surface area contributed by atoms with Crippen LogP contribution in [-0.4, -0.2) is 40.0 Å². The Kier molecular flexibility index (Phi) is 12.7. The van der Waals surface area contributed by atoms with Crippen LogP contribution >= 0.6 is 35.6 Å². The average molecular weight is 664 g/mol. The molecule has 234 valence electrons. The zero-order valence-electron chi connectivity index (χ0n) is 23.3. The Morgan fingerprint density at radius 1 is 1.02 bits per heavy atom. The third kappa shape index (κ3) is 9.89. The minimum Gasteiger partial charge on any atom is -0.619 e. The van der Waals surface area contributed by atoms with Crippen LogP contribution in [0.2, 0.25) is 10.0 Å². The predicted octanol–water partition coefficient (Wildman–Crippen LogP) is 6.07. The molecule has 0 aliphatic heterocycles. The fourth-order valence-corrected chi connectivity index (χ4v) is 4.76. The summed E-state index contributed by atoms with van der Waals surface area (Å²) in [5.74, 6) is 0.827. The molecule has 0 bridgehead atoms. The van der Waals surface area contributed by atoms with Crippen LogP contribution in [0.5, 0.6) is 23.0 Å². The van der Waals surface area contributed by atoms with Gasteiger partial charge in [0.15, 0.2) is 35.4 Å². The molecule has 0 radical (unpaired) electrons. The number of pyridine rings is 1. The van der Waals surface area contributed by atoms with Gasteiger partial charge in [-0.05, 0) is 54.2 Å². The number of esters is 1. The summed E-state index contributed by atoms with van der Waals surface area (Å²) in [5, 5.41) is 14.9. The number of nitrogens with one attached hydrogen (secondary N) is 1. The molecule has 1 aliphatic rings. The van der Waals surface area contributed by atoms with Gasteiger partial charge in [0.05, 0.1) is 27.4 Å². The number of hydrogen-bond acceptors (Lipinski definition) is 8. The van der Waals surface area contributed by atoms with Gasteiger partial charge in [-0.15, -0.1) is 12.4 Å². The lowest BCUT2D eigenvalue weighted by atomic mass is 10.0. The number of carbonyl (C=O) groups is 1. The molecule has 0 spiro atoms. The van der Waals surface area contributed by atoms with Crippen molar-refractivity contribution in [3.63, 3.8) is 0 Å². The van der Waals surface area contributed by atoms with E-state index in [9.17, 15) is 18.8 Å². The van der Waals surface area contributed by atoms with Crippen molar-refractivity contribution in [3.8, 4) is 23.0 Å². The van der Waals surface area contributed by atoms with E-state index < -0.39 is 18.7 Å². The highest BCUT2D eigenvalue weighted by Gasteiger charge is 2.26. The third-order valence-corrected chi connectivity index (χ3v) is 7.15. The van der Waals surface area contributed by atoms with E-state index in [2.05, 4.69) is 10.1 Å². The second kappa shape index (κ2) is 16.0. The molecule has 2 aromatic carbocycles. The van der Waals surface area contributed by atoms with Crippen molar-refractivity contribution in [2.24, 2.45) is 5.92 Å².